The lowest BCUT2D eigenvalue weighted by Crippen LogP contribution is -2.29. The van der Waals surface area contributed by atoms with Gasteiger partial charge in [0.2, 0.25) is 0 Å². The van der Waals surface area contributed by atoms with Crippen molar-refractivity contribution in [2.24, 2.45) is 5.10 Å². The molecule has 0 atom stereocenters. The molecule has 160 valence electrons. The molecule has 0 aliphatic carbocycles. The van der Waals surface area contributed by atoms with Crippen molar-refractivity contribution in [1.29, 1.82) is 5.26 Å². The molecule has 1 aromatic heterocycles. The zero-order valence-electron chi connectivity index (χ0n) is 17.4. The van der Waals surface area contributed by atoms with Gasteiger partial charge in [0.1, 0.15) is 11.9 Å². The molecule has 0 unspecified atom stereocenters. The van der Waals surface area contributed by atoms with Gasteiger partial charge in [-0.05, 0) is 24.3 Å². The van der Waals surface area contributed by atoms with Gasteiger partial charge in [-0.2, -0.15) is 15.0 Å². The lowest BCUT2D eigenvalue weighted by atomic mass is 9.95. The quantitative estimate of drug-likeness (QED) is 0.462. The first-order valence-electron chi connectivity index (χ1n) is 9.30. The van der Waals surface area contributed by atoms with E-state index in [0.717, 1.165) is 4.47 Å². The van der Waals surface area contributed by atoms with Crippen molar-refractivity contribution in [3.05, 3.63) is 61.6 Å². The molecular formula is C22H20BrClN4O3. The predicted octanol–water partition coefficient (Wildman–Crippen LogP) is 4.90. The first-order valence-corrected chi connectivity index (χ1v) is 10.5. The molecule has 0 radical (unpaired) electrons. The van der Waals surface area contributed by atoms with Crippen LogP contribution in [0.5, 0.6) is 11.5 Å². The Morgan fingerprint density at radius 3 is 2.71 bits per heavy atom. The molecule has 0 saturated carbocycles. The molecule has 0 saturated heterocycles. The molecule has 0 aliphatic heterocycles. The molecule has 0 bridgehead atoms. The number of nitrogens with zero attached hydrogens (tertiary/aromatic N) is 4. The van der Waals surface area contributed by atoms with Crippen molar-refractivity contribution in [3.8, 4) is 17.6 Å². The van der Waals surface area contributed by atoms with Crippen LogP contribution in [0.2, 0.25) is 5.02 Å². The van der Waals surface area contributed by atoms with E-state index in [9.17, 15) is 4.79 Å². The predicted molar refractivity (Wildman–Crippen MR) is 125 cm³/mol. The van der Waals surface area contributed by atoms with Crippen LogP contribution in [0.4, 0.5) is 0 Å². The Morgan fingerprint density at radius 2 is 2.06 bits per heavy atom. The maximum absolute atomic E-state index is 13.3. The number of aromatic nitrogens is 2. The highest BCUT2D eigenvalue weighted by Gasteiger charge is 2.23. The molecular weight excluding hydrogens is 484 g/mol. The minimum Gasteiger partial charge on any atom is -0.493 e. The summed E-state index contributed by atoms with van der Waals surface area (Å²) in [5.41, 5.74) is 0.290. The number of rotatable bonds is 5. The molecule has 3 aromatic rings. The van der Waals surface area contributed by atoms with Crippen LogP contribution < -0.4 is 15.0 Å². The molecule has 31 heavy (non-hydrogen) atoms. The van der Waals surface area contributed by atoms with Crippen molar-refractivity contribution in [2.45, 2.75) is 26.2 Å². The Hall–Kier alpha value is -2.89. The van der Waals surface area contributed by atoms with Crippen LogP contribution in [-0.2, 0) is 5.41 Å². The Bertz CT molecular complexity index is 1270. The zero-order valence-corrected chi connectivity index (χ0v) is 19.8. The van der Waals surface area contributed by atoms with Crippen molar-refractivity contribution in [3.63, 3.8) is 0 Å². The second-order valence-electron chi connectivity index (χ2n) is 7.68. The summed E-state index contributed by atoms with van der Waals surface area (Å²) in [5.74, 6) is 1.16. The highest BCUT2D eigenvalue weighted by atomic mass is 79.9. The van der Waals surface area contributed by atoms with Crippen molar-refractivity contribution < 1.29 is 9.47 Å². The number of nitriles is 1. The zero-order chi connectivity index (χ0) is 22.8. The van der Waals surface area contributed by atoms with E-state index >= 15 is 0 Å². The van der Waals surface area contributed by atoms with E-state index in [-0.39, 0.29) is 12.2 Å². The summed E-state index contributed by atoms with van der Waals surface area (Å²) in [6, 6.07) is 10.5. The Balaban J connectivity index is 2.24. The molecule has 3 rings (SSSR count). The van der Waals surface area contributed by atoms with Crippen LogP contribution in [0.1, 0.15) is 32.2 Å². The van der Waals surface area contributed by atoms with Crippen LogP contribution in [0.25, 0.3) is 10.9 Å². The van der Waals surface area contributed by atoms with E-state index in [0.29, 0.717) is 38.8 Å². The van der Waals surface area contributed by atoms with Gasteiger partial charge < -0.3 is 9.47 Å². The largest absolute Gasteiger partial charge is 0.493 e. The normalized spacial score (nSPS) is 11.6. The molecule has 7 nitrogen and oxygen atoms in total. The Morgan fingerprint density at radius 1 is 1.32 bits per heavy atom. The van der Waals surface area contributed by atoms with E-state index < -0.39 is 5.41 Å². The Kier molecular flexibility index (Phi) is 6.68. The summed E-state index contributed by atoms with van der Waals surface area (Å²) in [6.07, 6.45) is 1.45. The van der Waals surface area contributed by atoms with E-state index in [2.05, 4.69) is 26.0 Å². The van der Waals surface area contributed by atoms with E-state index in [1.165, 1.54) is 18.0 Å². The third-order valence-corrected chi connectivity index (χ3v) is 5.05. The molecule has 0 amide bonds. The van der Waals surface area contributed by atoms with Crippen molar-refractivity contribution in [1.82, 2.24) is 9.66 Å². The number of ether oxygens (including phenoxy) is 2. The van der Waals surface area contributed by atoms with Gasteiger partial charge in [-0.15, -0.1) is 0 Å². The number of benzene rings is 2. The number of methoxy groups -OCH3 is 1. The van der Waals surface area contributed by atoms with Crippen molar-refractivity contribution >= 4 is 44.6 Å². The van der Waals surface area contributed by atoms with Crippen LogP contribution in [0.15, 0.2) is 44.7 Å². The fraction of sp³-hybridized carbons (Fsp3) is 0.273. The fourth-order valence-electron chi connectivity index (χ4n) is 2.96. The van der Waals surface area contributed by atoms with E-state index in [1.54, 1.807) is 24.3 Å². The highest BCUT2D eigenvalue weighted by Crippen LogP contribution is 2.34. The molecule has 0 spiro atoms. The number of hydrogen-bond donors (Lipinski definition) is 0. The third kappa shape index (κ3) is 4.89. The molecule has 0 N–H and O–H groups in total. The minimum atomic E-state index is -0.454. The number of fused-ring (bicyclic) bond motifs is 1. The standard InChI is InChI=1S/C22H20BrClN4O3/c1-22(2,3)21-27-17-6-5-14(23)10-16(17)20(29)28(21)26-12-13-9-15(24)11-18(30-4)19(13)31-8-7-25/h5-6,9-12H,8H2,1-4H3. The fourth-order valence-corrected chi connectivity index (χ4v) is 3.53. The van der Waals surface area contributed by atoms with E-state index in [1.807, 2.05) is 32.9 Å². The van der Waals surface area contributed by atoms with Crippen LogP contribution in [0.3, 0.4) is 0 Å². The van der Waals surface area contributed by atoms with Gasteiger partial charge in [-0.1, -0.05) is 48.3 Å². The summed E-state index contributed by atoms with van der Waals surface area (Å²) in [4.78, 5) is 18.0. The van der Waals surface area contributed by atoms with Gasteiger partial charge in [0.15, 0.2) is 18.1 Å². The first kappa shape index (κ1) is 22.8. The summed E-state index contributed by atoms with van der Waals surface area (Å²) < 4.78 is 12.9. The average molecular weight is 504 g/mol. The molecule has 0 fully saturated rings. The van der Waals surface area contributed by atoms with Crippen LogP contribution >= 0.6 is 27.5 Å². The van der Waals surface area contributed by atoms with Gasteiger partial charge in [0.25, 0.3) is 5.56 Å². The molecule has 9 heteroatoms. The highest BCUT2D eigenvalue weighted by molar-refractivity contribution is 9.10. The lowest BCUT2D eigenvalue weighted by molar-refractivity contribution is 0.329. The summed E-state index contributed by atoms with van der Waals surface area (Å²) in [7, 11) is 1.47. The number of halogens is 2. The second-order valence-corrected chi connectivity index (χ2v) is 9.03. The van der Waals surface area contributed by atoms with Gasteiger partial charge in [-0.25, -0.2) is 4.98 Å². The van der Waals surface area contributed by atoms with Crippen LogP contribution in [0, 0.1) is 11.3 Å². The van der Waals surface area contributed by atoms with E-state index in [4.69, 9.17) is 26.3 Å². The average Bonchev–Trinajstić information content (AvgIpc) is 2.71. The first-order chi connectivity index (χ1) is 14.7. The van der Waals surface area contributed by atoms with Crippen molar-refractivity contribution in [2.75, 3.05) is 13.7 Å². The topological polar surface area (TPSA) is 89.5 Å². The summed E-state index contributed by atoms with van der Waals surface area (Å²) >= 11 is 9.60. The van der Waals surface area contributed by atoms with Gasteiger partial charge in [0.05, 0.1) is 24.2 Å². The maximum Gasteiger partial charge on any atom is 0.282 e. The smallest absolute Gasteiger partial charge is 0.282 e. The van der Waals surface area contributed by atoms with Crippen LogP contribution in [-0.4, -0.2) is 29.6 Å². The van der Waals surface area contributed by atoms with Gasteiger partial charge in [-0.3, -0.25) is 4.79 Å². The monoisotopic (exact) mass is 502 g/mol. The Labute approximate surface area is 193 Å². The second kappa shape index (κ2) is 9.08. The summed E-state index contributed by atoms with van der Waals surface area (Å²) in [6.45, 7) is 5.68. The molecule has 1 heterocycles. The van der Waals surface area contributed by atoms with Gasteiger partial charge in [0, 0.05) is 26.5 Å². The van der Waals surface area contributed by atoms with Gasteiger partial charge >= 0.3 is 0 Å². The third-order valence-electron chi connectivity index (χ3n) is 4.34. The summed E-state index contributed by atoms with van der Waals surface area (Å²) in [5, 5.41) is 14.2. The maximum atomic E-state index is 13.3. The minimum absolute atomic E-state index is 0.183. The lowest BCUT2D eigenvalue weighted by Gasteiger charge is -2.21. The number of hydrogen-bond acceptors (Lipinski definition) is 6. The SMILES string of the molecule is COc1cc(Cl)cc(C=Nn2c(C(C)(C)C)nc3ccc(Br)cc3c2=O)c1OCC#N. The molecule has 0 aliphatic rings. The molecule has 2 aromatic carbocycles.